The SMILES string of the molecule is COC(=O)CC1CC2(CCN(C(=O)OC3C4CC5CC(C4)CC3C5)CC2)c2ccccc21.COC(=O)CC1CC2(CCNCC2)c2ccccc21.O=C(Cl)OC1C2CC3CC(C2)CC1C3.O=C(O)CC1CC2(CCCCC2)c2ccccc21. The lowest BCUT2D eigenvalue weighted by Crippen LogP contribution is -2.52. The summed E-state index contributed by atoms with van der Waals surface area (Å²) in [6.07, 6.45) is 28.3. The highest BCUT2D eigenvalue weighted by molar-refractivity contribution is 6.61. The first-order valence-electron chi connectivity index (χ1n) is 32.4. The molecule has 0 radical (unpaired) electrons. The molecule has 3 spiro atoms. The Morgan fingerprint density at radius 2 is 0.880 bits per heavy atom. The predicted octanol–water partition coefficient (Wildman–Crippen LogP) is 14.4. The molecule has 11 fully saturated rings. The first-order valence-corrected chi connectivity index (χ1v) is 32.8. The highest BCUT2D eigenvalue weighted by atomic mass is 35.5. The van der Waals surface area contributed by atoms with Gasteiger partial charge in [0, 0.05) is 24.7 Å². The van der Waals surface area contributed by atoms with Gasteiger partial charge in [-0.15, -0.1) is 0 Å². The third-order valence-corrected chi connectivity index (χ3v) is 23.7. The number of ether oxygens (including phenoxy) is 4. The van der Waals surface area contributed by atoms with Crippen molar-refractivity contribution in [1.82, 2.24) is 10.2 Å². The first-order chi connectivity index (χ1) is 40.2. The van der Waals surface area contributed by atoms with Gasteiger partial charge >= 0.3 is 29.4 Å². The topological polar surface area (TPSA) is 158 Å². The molecule has 83 heavy (non-hydrogen) atoms. The Kier molecular flexibility index (Phi) is 17.5. The number of carbonyl (C=O) groups excluding carboxylic acids is 4. The predicted molar refractivity (Wildman–Crippen MR) is 318 cm³/mol. The summed E-state index contributed by atoms with van der Waals surface area (Å²) in [5.74, 6) is 5.95. The molecular formula is C70H91ClN2O10. The lowest BCUT2D eigenvalue weighted by Gasteiger charge is -2.53. The molecule has 17 rings (SSSR count). The van der Waals surface area contributed by atoms with E-state index in [-0.39, 0.29) is 47.5 Å². The van der Waals surface area contributed by atoms with Gasteiger partial charge in [-0.2, -0.15) is 0 Å². The molecule has 448 valence electrons. The molecule has 13 heteroatoms. The van der Waals surface area contributed by atoms with Crippen molar-refractivity contribution in [2.45, 2.75) is 207 Å². The minimum absolute atomic E-state index is 0.0642. The highest BCUT2D eigenvalue weighted by Gasteiger charge is 2.53. The van der Waals surface area contributed by atoms with Gasteiger partial charge in [0.1, 0.15) is 12.2 Å². The number of benzene rings is 3. The van der Waals surface area contributed by atoms with Crippen LogP contribution in [0.25, 0.3) is 0 Å². The number of aliphatic carboxylic acids is 1. The number of hydrogen-bond donors (Lipinski definition) is 2. The summed E-state index contributed by atoms with van der Waals surface area (Å²) in [5.41, 5.74) is 8.33. The molecule has 12 aliphatic carbocycles. The van der Waals surface area contributed by atoms with Gasteiger partial charge in [0.2, 0.25) is 0 Å². The Bertz CT molecular complexity index is 2770. The molecule has 2 N–H and O–H groups in total. The molecular weight excluding hydrogens is 1060 g/mol. The molecule has 9 saturated carbocycles. The van der Waals surface area contributed by atoms with Crippen LogP contribution < -0.4 is 5.32 Å². The van der Waals surface area contributed by atoms with Gasteiger partial charge in [-0.25, -0.2) is 9.59 Å². The second-order valence-electron chi connectivity index (χ2n) is 28.3. The van der Waals surface area contributed by atoms with Crippen LogP contribution in [0, 0.1) is 47.3 Å². The van der Waals surface area contributed by atoms with Crippen LogP contribution in [0.4, 0.5) is 9.59 Å². The molecule has 3 aromatic rings. The fourth-order valence-electron chi connectivity index (χ4n) is 20.5. The summed E-state index contributed by atoms with van der Waals surface area (Å²) >= 11 is 5.31. The van der Waals surface area contributed by atoms with Crippen molar-refractivity contribution in [3.63, 3.8) is 0 Å². The third-order valence-electron chi connectivity index (χ3n) is 23.6. The minimum Gasteiger partial charge on any atom is -0.481 e. The van der Waals surface area contributed by atoms with Gasteiger partial charge < -0.3 is 34.3 Å². The van der Waals surface area contributed by atoms with Crippen LogP contribution in [0.2, 0.25) is 0 Å². The van der Waals surface area contributed by atoms with Gasteiger partial charge in [0.15, 0.2) is 0 Å². The van der Waals surface area contributed by atoms with Crippen molar-refractivity contribution in [2.75, 3.05) is 40.4 Å². The number of likely N-dealkylation sites (tertiary alicyclic amines) is 1. The number of halogens is 1. The average Bonchev–Trinajstić information content (AvgIpc) is 4.30. The molecule has 2 heterocycles. The quantitative estimate of drug-likeness (QED) is 0.126. The number of methoxy groups -OCH3 is 2. The number of esters is 2. The molecule has 2 saturated heterocycles. The molecule has 1 amide bonds. The van der Waals surface area contributed by atoms with Crippen LogP contribution in [0.1, 0.15) is 212 Å². The van der Waals surface area contributed by atoms with Crippen molar-refractivity contribution in [3.05, 3.63) is 106 Å². The lowest BCUT2D eigenvalue weighted by atomic mass is 9.55. The Balaban J connectivity index is 0.000000115. The largest absolute Gasteiger partial charge is 0.481 e. The third kappa shape index (κ3) is 12.1. The summed E-state index contributed by atoms with van der Waals surface area (Å²) in [6.45, 7) is 3.65. The van der Waals surface area contributed by atoms with Crippen molar-refractivity contribution >= 4 is 41.0 Å². The minimum atomic E-state index is -0.664. The number of hydrogen-bond acceptors (Lipinski definition) is 10. The smallest absolute Gasteiger partial charge is 0.410 e. The molecule has 14 aliphatic rings. The molecule has 0 aromatic heterocycles. The fourth-order valence-corrected chi connectivity index (χ4v) is 20.6. The van der Waals surface area contributed by atoms with Gasteiger partial charge in [0.25, 0.3) is 0 Å². The zero-order chi connectivity index (χ0) is 57.5. The van der Waals surface area contributed by atoms with Crippen LogP contribution in [0.15, 0.2) is 72.8 Å². The molecule has 3 atom stereocenters. The maximum atomic E-state index is 13.1. The summed E-state index contributed by atoms with van der Waals surface area (Å²) in [5, 5.41) is 12.5. The van der Waals surface area contributed by atoms with Gasteiger partial charge in [0.05, 0.1) is 33.5 Å². The standard InChI is InChI=1S/C27H35NO4.C16H21NO2.C16H20O2.C11H15ClO2/c1-31-24(29)15-21-16-27(23-5-3-2-4-22(21)23)6-8-28(9-7-27)26(30)32-25-19-11-17-10-18(13-19)14-20(25)12-17;1-19-15(18)10-12-11-16(6-8-17-9-7-16)14-5-3-2-4-13(12)14;17-15(18)10-12-11-16(8-4-1-5-9-16)14-7-3-2-6-13(12)14;12-11(13)14-10-8-2-6-1-7(4-8)5-9(10)3-6/h2-5,17-21,25H,6-16H2,1H3;2-5,12,17H,6-11H2,1H3;2-3,6-7,12H,1,4-5,8-11H2,(H,17,18);6-10H,1-5H2. The van der Waals surface area contributed by atoms with Crippen LogP contribution in [0.3, 0.4) is 0 Å². The number of rotatable bonds is 8. The highest BCUT2D eigenvalue weighted by Crippen LogP contribution is 2.59. The van der Waals surface area contributed by atoms with E-state index >= 15 is 0 Å². The number of piperidine rings is 2. The van der Waals surface area contributed by atoms with Gasteiger partial charge in [-0.1, -0.05) is 92.1 Å². The summed E-state index contributed by atoms with van der Waals surface area (Å²) < 4.78 is 21.3. The van der Waals surface area contributed by atoms with E-state index in [0.29, 0.717) is 59.7 Å². The number of fused-ring (bicyclic) bond motifs is 6. The van der Waals surface area contributed by atoms with E-state index in [9.17, 15) is 24.0 Å². The average molecular weight is 1160 g/mol. The fraction of sp³-hybridized carbons (Fsp3) is 0.671. The molecule has 12 nitrogen and oxygen atoms in total. The molecule has 3 aromatic carbocycles. The second-order valence-corrected chi connectivity index (χ2v) is 28.6. The number of carboxylic acids is 1. The van der Waals surface area contributed by atoms with E-state index in [1.165, 1.54) is 157 Å². The second kappa shape index (κ2) is 24.8. The normalized spacial score (nSPS) is 33.2. The molecule has 3 unspecified atom stereocenters. The van der Waals surface area contributed by atoms with E-state index < -0.39 is 11.4 Å². The summed E-state index contributed by atoms with van der Waals surface area (Å²) in [6, 6.07) is 25.8. The number of nitrogens with one attached hydrogen (secondary N) is 1. The van der Waals surface area contributed by atoms with Crippen LogP contribution in [0.5, 0.6) is 0 Å². The number of carboxylic acid groups (broad SMARTS) is 1. The van der Waals surface area contributed by atoms with Crippen molar-refractivity contribution < 1.29 is 48.0 Å². The molecule has 2 aliphatic heterocycles. The van der Waals surface area contributed by atoms with E-state index in [2.05, 4.69) is 78.1 Å². The maximum Gasteiger partial charge on any atom is 0.410 e. The summed E-state index contributed by atoms with van der Waals surface area (Å²) in [7, 11) is 2.94. The van der Waals surface area contributed by atoms with Crippen LogP contribution in [-0.2, 0) is 49.6 Å². The monoisotopic (exact) mass is 1150 g/mol. The van der Waals surface area contributed by atoms with Gasteiger partial charge in [-0.3, -0.25) is 14.4 Å². The Labute approximate surface area is 497 Å². The van der Waals surface area contributed by atoms with Crippen molar-refractivity contribution in [2.24, 2.45) is 47.3 Å². The molecule has 8 bridgehead atoms. The summed E-state index contributed by atoms with van der Waals surface area (Å²) in [4.78, 5) is 60.5. The van der Waals surface area contributed by atoms with E-state index in [4.69, 9.17) is 35.7 Å². The van der Waals surface area contributed by atoms with Crippen LogP contribution >= 0.6 is 11.6 Å². The zero-order valence-electron chi connectivity index (χ0n) is 49.4. The number of amides is 1. The Morgan fingerprint density at radius 3 is 1.28 bits per heavy atom. The Hall–Kier alpha value is -4.94. The van der Waals surface area contributed by atoms with E-state index in [1.54, 1.807) is 0 Å². The van der Waals surface area contributed by atoms with Gasteiger partial charge in [-0.05, 0) is 250 Å². The Morgan fingerprint density at radius 1 is 0.506 bits per heavy atom. The van der Waals surface area contributed by atoms with E-state index in [0.717, 1.165) is 82.0 Å². The van der Waals surface area contributed by atoms with Crippen molar-refractivity contribution in [3.8, 4) is 0 Å². The number of nitrogens with zero attached hydrogens (tertiary/aromatic N) is 1. The van der Waals surface area contributed by atoms with Crippen molar-refractivity contribution in [1.29, 1.82) is 0 Å². The first kappa shape index (κ1) is 58.4. The number of carbonyl (C=O) groups is 5. The van der Waals surface area contributed by atoms with Crippen LogP contribution in [-0.4, -0.2) is 92.0 Å². The lowest BCUT2D eigenvalue weighted by molar-refractivity contribution is -0.142. The maximum absolute atomic E-state index is 13.1. The van der Waals surface area contributed by atoms with E-state index in [1.807, 2.05) is 4.90 Å². The zero-order valence-corrected chi connectivity index (χ0v) is 50.1.